The van der Waals surface area contributed by atoms with Gasteiger partial charge in [-0.25, -0.2) is 0 Å². The Balaban J connectivity index is 1.47. The van der Waals surface area contributed by atoms with Gasteiger partial charge in [0.2, 0.25) is 0 Å². The highest BCUT2D eigenvalue weighted by atomic mass is 32.2. The predicted octanol–water partition coefficient (Wildman–Crippen LogP) is 5.50. The van der Waals surface area contributed by atoms with E-state index in [2.05, 4.69) is 26.3 Å². The maximum Gasteiger partial charge on any atom is 0.272 e. The van der Waals surface area contributed by atoms with Crippen molar-refractivity contribution < 1.29 is 8.07 Å². The Bertz CT molecular complexity index is 638. The van der Waals surface area contributed by atoms with Crippen LogP contribution in [-0.2, 0) is 6.42 Å². The van der Waals surface area contributed by atoms with Gasteiger partial charge in [-0.2, -0.15) is 0 Å². The molecule has 3 aliphatic carbocycles. The molecule has 5 atom stereocenters. The summed E-state index contributed by atoms with van der Waals surface area (Å²) in [4.78, 5) is 0. The third-order valence-corrected chi connectivity index (χ3v) is 7.74. The van der Waals surface area contributed by atoms with Crippen LogP contribution < -0.4 is 4.18 Å². The lowest BCUT2D eigenvalue weighted by molar-refractivity contribution is 0.158. The fourth-order valence-corrected chi connectivity index (χ4v) is 6.64. The molecule has 1 saturated heterocycles. The normalized spacial score (nSPS) is 44.2. The van der Waals surface area contributed by atoms with Gasteiger partial charge in [-0.05, 0) is 60.3 Å². The van der Waals surface area contributed by atoms with Gasteiger partial charge < -0.3 is 4.18 Å². The summed E-state index contributed by atoms with van der Waals surface area (Å²) in [7, 11) is 2.69. The Kier molecular flexibility index (Phi) is 2.79. The molecule has 22 heavy (non-hydrogen) atoms. The maximum atomic E-state index is 12.3. The minimum absolute atomic E-state index is 0.0589. The lowest BCUT2D eigenvalue weighted by atomic mass is 9.55. The van der Waals surface area contributed by atoms with Gasteiger partial charge in [-0.15, -0.1) is 3.89 Å². The van der Waals surface area contributed by atoms with Crippen molar-refractivity contribution >= 4 is 19.7 Å². The standard InChI is InChI=1S/C18H21BFOS/c1-17-8-7-16-15-4-2-11-10-12(21-22-20)3-5-13(11)14(15)6-9-18(16,17)19-17/h3,5,10,14-16H,2,4,6-9H2,1H3/t14?,15?,16?,17-,18?/m0/s1. The number of halogens is 1. The van der Waals surface area contributed by atoms with Crippen LogP contribution in [0.4, 0.5) is 3.89 Å². The van der Waals surface area contributed by atoms with Gasteiger partial charge in [0.1, 0.15) is 13.0 Å². The molecular weight excluding hydrogens is 294 g/mol. The molecule has 1 radical (unpaired) electrons. The zero-order valence-corrected chi connectivity index (χ0v) is 13.8. The summed E-state index contributed by atoms with van der Waals surface area (Å²) in [6.07, 6.45) is 8.00. The second-order valence-corrected chi connectivity index (χ2v) is 8.39. The number of aryl methyl sites for hydroxylation is 1. The van der Waals surface area contributed by atoms with E-state index < -0.39 is 0 Å². The van der Waals surface area contributed by atoms with Gasteiger partial charge in [0, 0.05) is 0 Å². The van der Waals surface area contributed by atoms with E-state index in [9.17, 15) is 3.89 Å². The number of benzene rings is 1. The van der Waals surface area contributed by atoms with E-state index >= 15 is 0 Å². The molecule has 1 nitrogen and oxygen atoms in total. The van der Waals surface area contributed by atoms with Gasteiger partial charge in [-0.3, -0.25) is 0 Å². The second kappa shape index (κ2) is 4.46. The van der Waals surface area contributed by atoms with Gasteiger partial charge in [0.05, 0.1) is 0 Å². The Hall–Kier alpha value is -0.635. The van der Waals surface area contributed by atoms with E-state index in [0.29, 0.717) is 16.4 Å². The largest absolute Gasteiger partial charge is 0.397 e. The van der Waals surface area contributed by atoms with Crippen molar-refractivity contribution in [2.24, 2.45) is 11.8 Å². The molecule has 1 spiro atoms. The summed E-state index contributed by atoms with van der Waals surface area (Å²) in [6, 6.07) is 6.21. The Morgan fingerprint density at radius 1 is 1.27 bits per heavy atom. The van der Waals surface area contributed by atoms with E-state index in [0.717, 1.165) is 24.2 Å². The van der Waals surface area contributed by atoms with Crippen LogP contribution in [0.2, 0.25) is 10.6 Å². The van der Waals surface area contributed by atoms with Gasteiger partial charge in [0.15, 0.2) is 0 Å². The highest BCUT2D eigenvalue weighted by Crippen LogP contribution is 2.86. The molecule has 0 amide bonds. The van der Waals surface area contributed by atoms with Crippen LogP contribution in [-0.4, -0.2) is 7.28 Å². The van der Waals surface area contributed by atoms with Crippen LogP contribution in [0.3, 0.4) is 0 Å². The molecule has 1 aliphatic heterocycles. The summed E-state index contributed by atoms with van der Waals surface area (Å²) in [6.45, 7) is 2.49. The molecular formula is C18H21BFOS. The first kappa shape index (κ1) is 13.8. The number of hydrogen-bond acceptors (Lipinski definition) is 2. The van der Waals surface area contributed by atoms with Crippen molar-refractivity contribution in [2.45, 2.75) is 62.0 Å². The van der Waals surface area contributed by atoms with Crippen LogP contribution in [0.25, 0.3) is 0 Å². The molecule has 5 rings (SSSR count). The van der Waals surface area contributed by atoms with E-state index in [-0.39, 0.29) is 12.4 Å². The van der Waals surface area contributed by atoms with Crippen molar-refractivity contribution in [1.29, 1.82) is 0 Å². The molecule has 2 saturated carbocycles. The molecule has 1 aromatic carbocycles. The molecule has 3 fully saturated rings. The Morgan fingerprint density at radius 2 is 2.18 bits per heavy atom. The predicted molar refractivity (Wildman–Crippen MR) is 89.1 cm³/mol. The van der Waals surface area contributed by atoms with Crippen molar-refractivity contribution in [3.8, 4) is 5.75 Å². The summed E-state index contributed by atoms with van der Waals surface area (Å²) >= 11 is -0.0589. The first-order valence-corrected chi connectivity index (χ1v) is 9.26. The van der Waals surface area contributed by atoms with E-state index in [1.165, 1.54) is 43.2 Å². The van der Waals surface area contributed by atoms with Gasteiger partial charge in [0.25, 0.3) is 12.4 Å². The SMILES string of the molecule is C[C@@]12[B]C13CCC1c4ccc(OSF)cc4CCC1C3CC2. The van der Waals surface area contributed by atoms with E-state index in [1.807, 2.05) is 6.07 Å². The van der Waals surface area contributed by atoms with Crippen molar-refractivity contribution in [1.82, 2.24) is 0 Å². The van der Waals surface area contributed by atoms with Crippen molar-refractivity contribution in [2.75, 3.05) is 0 Å². The van der Waals surface area contributed by atoms with Crippen LogP contribution in [0.1, 0.15) is 56.1 Å². The van der Waals surface area contributed by atoms with E-state index in [1.54, 1.807) is 0 Å². The Labute approximate surface area is 137 Å². The monoisotopic (exact) mass is 315 g/mol. The Morgan fingerprint density at radius 3 is 3.00 bits per heavy atom. The van der Waals surface area contributed by atoms with Gasteiger partial charge in [-0.1, -0.05) is 42.9 Å². The van der Waals surface area contributed by atoms with Crippen LogP contribution >= 0.6 is 12.4 Å². The second-order valence-electron chi connectivity index (χ2n) is 8.10. The third-order valence-electron chi connectivity index (χ3n) is 7.48. The minimum atomic E-state index is -0.0589. The molecule has 4 aliphatic rings. The lowest BCUT2D eigenvalue weighted by Gasteiger charge is -2.46. The van der Waals surface area contributed by atoms with Crippen LogP contribution in [0.5, 0.6) is 5.75 Å². The molecule has 0 bridgehead atoms. The average Bonchev–Trinajstić information content (AvgIpc) is 3.00. The smallest absolute Gasteiger partial charge is 0.272 e. The molecule has 4 unspecified atom stereocenters. The fraction of sp³-hybridized carbons (Fsp3) is 0.667. The summed E-state index contributed by atoms with van der Waals surface area (Å²) < 4.78 is 17.3. The minimum Gasteiger partial charge on any atom is -0.397 e. The quantitative estimate of drug-likeness (QED) is 0.526. The first-order valence-electron chi connectivity index (χ1n) is 8.62. The fourth-order valence-electron chi connectivity index (χ4n) is 6.47. The van der Waals surface area contributed by atoms with Crippen LogP contribution in [0.15, 0.2) is 18.2 Å². The number of hydrogen-bond donors (Lipinski definition) is 0. The zero-order chi connectivity index (χ0) is 14.9. The van der Waals surface area contributed by atoms with Crippen molar-refractivity contribution in [3.05, 3.63) is 29.3 Å². The summed E-state index contributed by atoms with van der Waals surface area (Å²) in [5, 5.41) is 1.17. The maximum absolute atomic E-state index is 12.3. The van der Waals surface area contributed by atoms with Crippen molar-refractivity contribution in [3.63, 3.8) is 0 Å². The summed E-state index contributed by atoms with van der Waals surface area (Å²) in [5.74, 6) is 3.16. The first-order chi connectivity index (χ1) is 10.7. The highest BCUT2D eigenvalue weighted by molar-refractivity contribution is 7.89. The topological polar surface area (TPSA) is 9.23 Å². The summed E-state index contributed by atoms with van der Waals surface area (Å²) in [5.41, 5.74) is 2.92. The number of rotatable bonds is 2. The molecule has 0 N–H and O–H groups in total. The molecule has 0 aromatic heterocycles. The van der Waals surface area contributed by atoms with Crippen LogP contribution in [0, 0.1) is 11.8 Å². The number of fused-ring (bicyclic) bond motifs is 4. The molecule has 1 aromatic rings. The lowest BCUT2D eigenvalue weighted by Crippen LogP contribution is -2.34. The highest BCUT2D eigenvalue weighted by Gasteiger charge is 2.73. The molecule has 115 valence electrons. The average molecular weight is 315 g/mol. The third kappa shape index (κ3) is 1.63. The zero-order valence-electron chi connectivity index (χ0n) is 13.0. The molecule has 1 heterocycles. The van der Waals surface area contributed by atoms with E-state index in [4.69, 9.17) is 4.18 Å². The van der Waals surface area contributed by atoms with Gasteiger partial charge >= 0.3 is 0 Å². The molecule has 4 heteroatoms.